The minimum Gasteiger partial charge on any atom is -0.508 e. The summed E-state index contributed by atoms with van der Waals surface area (Å²) < 4.78 is 0. The maximum atomic E-state index is 13.2. The van der Waals surface area contributed by atoms with E-state index in [-0.39, 0.29) is 18.6 Å². The van der Waals surface area contributed by atoms with Gasteiger partial charge >= 0.3 is 11.9 Å². The number of phenols is 1. The van der Waals surface area contributed by atoms with Crippen molar-refractivity contribution in [3.05, 3.63) is 65.7 Å². The molecule has 6 atom stereocenters. The number of carbonyl (C=O) groups excluding carboxylic acids is 5. The van der Waals surface area contributed by atoms with Crippen molar-refractivity contribution in [3.63, 3.8) is 0 Å². The fourth-order valence-electron chi connectivity index (χ4n) is 4.54. The van der Waals surface area contributed by atoms with Crippen molar-refractivity contribution in [1.29, 1.82) is 0 Å². The predicted octanol–water partition coefficient (Wildman–Crippen LogP) is -0.816. The van der Waals surface area contributed by atoms with Crippen molar-refractivity contribution in [1.82, 2.24) is 26.6 Å². The molecule has 0 fully saturated rings. The zero-order chi connectivity index (χ0) is 36.8. The summed E-state index contributed by atoms with van der Waals surface area (Å²) in [5.41, 5.74) is 6.85. The topological polar surface area (TPSA) is 266 Å². The van der Waals surface area contributed by atoms with Crippen LogP contribution in [0, 0.1) is 5.92 Å². The molecule has 0 heterocycles. The Kier molecular flexibility index (Phi) is 15.2. The Morgan fingerprint density at radius 2 is 1.06 bits per heavy atom. The standard InChI is InChI=1S/C33H44N6O10/c1-17(2)27(33(48)49)39-32(47)25(14-20-8-6-5-7-9-20)37-29(44)19(4)35-28(43)18(3)36-31(46)24(15-21-10-12-22(40)13-11-21)38-30(45)23(34)16-26(41)42/h5-13,17-19,23-25,27,40H,14-16,34H2,1-4H3,(H,35,43)(H,36,46)(H,37,44)(H,38,45)(H,39,47)(H,41,42)(H,48,49)/t18-,19-,23-,24-,25-,27-/m0/s1. The fraction of sp³-hybridized carbons (Fsp3) is 0.424. The van der Waals surface area contributed by atoms with Crippen LogP contribution >= 0.6 is 0 Å². The number of carboxylic acids is 2. The van der Waals surface area contributed by atoms with Gasteiger partial charge in [0.2, 0.25) is 29.5 Å². The highest BCUT2D eigenvalue weighted by molar-refractivity contribution is 5.96. The van der Waals surface area contributed by atoms with Crippen molar-refractivity contribution >= 4 is 41.5 Å². The van der Waals surface area contributed by atoms with Crippen LogP contribution in [0.4, 0.5) is 0 Å². The number of hydrogen-bond acceptors (Lipinski definition) is 9. The van der Waals surface area contributed by atoms with Gasteiger partial charge in [0.15, 0.2) is 0 Å². The van der Waals surface area contributed by atoms with Crippen LogP contribution in [0.3, 0.4) is 0 Å². The molecular formula is C33H44N6O10. The molecule has 0 aliphatic carbocycles. The smallest absolute Gasteiger partial charge is 0.326 e. The second-order valence-corrected chi connectivity index (χ2v) is 11.9. The average Bonchev–Trinajstić information content (AvgIpc) is 3.03. The number of carbonyl (C=O) groups is 7. The van der Waals surface area contributed by atoms with Gasteiger partial charge in [-0.25, -0.2) is 4.79 Å². The van der Waals surface area contributed by atoms with E-state index in [0.717, 1.165) is 0 Å². The van der Waals surface area contributed by atoms with Crippen LogP contribution < -0.4 is 32.3 Å². The van der Waals surface area contributed by atoms with Crippen LogP contribution in [0.1, 0.15) is 45.2 Å². The predicted molar refractivity (Wildman–Crippen MR) is 176 cm³/mol. The normalized spacial score (nSPS) is 14.6. The van der Waals surface area contributed by atoms with Gasteiger partial charge in [-0.1, -0.05) is 56.3 Å². The van der Waals surface area contributed by atoms with Gasteiger partial charge in [-0.05, 0) is 43.0 Å². The van der Waals surface area contributed by atoms with Crippen molar-refractivity contribution in [2.75, 3.05) is 0 Å². The first kappa shape index (κ1) is 39.7. The van der Waals surface area contributed by atoms with Crippen LogP contribution in [0.25, 0.3) is 0 Å². The molecule has 2 rings (SSSR count). The summed E-state index contributed by atoms with van der Waals surface area (Å²) in [4.78, 5) is 87.8. The summed E-state index contributed by atoms with van der Waals surface area (Å²) in [6.07, 6.45) is -0.765. The number of aliphatic carboxylic acids is 2. The molecular weight excluding hydrogens is 640 g/mol. The Hall–Kier alpha value is -5.51. The molecule has 0 unspecified atom stereocenters. The highest BCUT2D eigenvalue weighted by atomic mass is 16.4. The molecule has 0 aliphatic rings. The summed E-state index contributed by atoms with van der Waals surface area (Å²) in [7, 11) is 0. The SMILES string of the molecule is CC(C)[C@H](NC(=O)[C@H](Cc1ccccc1)NC(=O)[C@H](C)NC(=O)[C@H](C)NC(=O)[C@H](Cc1ccc(O)cc1)NC(=O)[C@@H](N)CC(=O)O)C(=O)O. The number of hydrogen-bond donors (Lipinski definition) is 9. The zero-order valence-corrected chi connectivity index (χ0v) is 27.6. The largest absolute Gasteiger partial charge is 0.508 e. The van der Waals surface area contributed by atoms with Gasteiger partial charge in [-0.2, -0.15) is 0 Å². The molecule has 10 N–H and O–H groups in total. The van der Waals surface area contributed by atoms with E-state index in [0.29, 0.717) is 11.1 Å². The van der Waals surface area contributed by atoms with Crippen LogP contribution in [0.2, 0.25) is 0 Å². The van der Waals surface area contributed by atoms with Crippen molar-refractivity contribution in [2.24, 2.45) is 11.7 Å². The van der Waals surface area contributed by atoms with E-state index < -0.39 is 90.1 Å². The van der Waals surface area contributed by atoms with Crippen molar-refractivity contribution in [3.8, 4) is 5.75 Å². The Bertz CT molecular complexity index is 1480. The molecule has 0 bridgehead atoms. The number of amides is 5. The Morgan fingerprint density at radius 3 is 1.55 bits per heavy atom. The molecule has 49 heavy (non-hydrogen) atoms. The number of phenolic OH excluding ortho intramolecular Hbond substituents is 1. The molecule has 2 aromatic rings. The molecule has 266 valence electrons. The molecule has 0 aliphatic heterocycles. The fourth-order valence-corrected chi connectivity index (χ4v) is 4.54. The highest BCUT2D eigenvalue weighted by Gasteiger charge is 2.31. The Balaban J connectivity index is 2.12. The lowest BCUT2D eigenvalue weighted by atomic mass is 10.0. The van der Waals surface area contributed by atoms with Gasteiger partial charge in [0.1, 0.15) is 36.0 Å². The van der Waals surface area contributed by atoms with Gasteiger partial charge in [-0.15, -0.1) is 0 Å². The second-order valence-electron chi connectivity index (χ2n) is 11.9. The third-order valence-corrected chi connectivity index (χ3v) is 7.39. The van der Waals surface area contributed by atoms with Crippen LogP contribution in [-0.4, -0.2) is 93.0 Å². The molecule has 0 aromatic heterocycles. The summed E-state index contributed by atoms with van der Waals surface area (Å²) in [5.74, 6) is -7.06. The summed E-state index contributed by atoms with van der Waals surface area (Å²) in [5, 5.41) is 40.4. The summed E-state index contributed by atoms with van der Waals surface area (Å²) >= 11 is 0. The number of benzene rings is 2. The van der Waals surface area contributed by atoms with Crippen LogP contribution in [-0.2, 0) is 46.4 Å². The quantitative estimate of drug-likeness (QED) is 0.0937. The number of nitrogens with two attached hydrogens (primary N) is 1. The Morgan fingerprint density at radius 1 is 0.612 bits per heavy atom. The molecule has 0 radical (unpaired) electrons. The third-order valence-electron chi connectivity index (χ3n) is 7.39. The van der Waals surface area contributed by atoms with Gasteiger partial charge < -0.3 is 47.6 Å². The number of rotatable bonds is 18. The van der Waals surface area contributed by atoms with Crippen LogP contribution in [0.5, 0.6) is 5.75 Å². The monoisotopic (exact) mass is 684 g/mol. The van der Waals surface area contributed by atoms with E-state index in [9.17, 15) is 43.8 Å². The second kappa shape index (κ2) is 18.7. The average molecular weight is 685 g/mol. The van der Waals surface area contributed by atoms with E-state index in [1.807, 2.05) is 0 Å². The summed E-state index contributed by atoms with van der Waals surface area (Å²) in [6.45, 7) is 5.93. The minimum absolute atomic E-state index is 0.0280. The molecule has 5 amide bonds. The van der Waals surface area contributed by atoms with E-state index in [1.165, 1.54) is 38.1 Å². The molecule has 0 spiro atoms. The highest BCUT2D eigenvalue weighted by Crippen LogP contribution is 2.12. The molecule has 2 aromatic carbocycles. The van der Waals surface area contributed by atoms with Crippen molar-refractivity contribution in [2.45, 2.75) is 83.2 Å². The first-order valence-corrected chi connectivity index (χ1v) is 15.5. The minimum atomic E-state index is -1.46. The van der Waals surface area contributed by atoms with Crippen molar-refractivity contribution < 1.29 is 48.9 Å². The number of nitrogens with one attached hydrogen (secondary N) is 5. The number of carboxylic acid groups (broad SMARTS) is 2. The first-order valence-electron chi connectivity index (χ1n) is 15.5. The third kappa shape index (κ3) is 13.3. The van der Waals surface area contributed by atoms with E-state index in [4.69, 9.17) is 10.8 Å². The van der Waals surface area contributed by atoms with Crippen LogP contribution in [0.15, 0.2) is 54.6 Å². The summed E-state index contributed by atoms with van der Waals surface area (Å²) in [6, 6.07) is 6.86. The maximum Gasteiger partial charge on any atom is 0.326 e. The lowest BCUT2D eigenvalue weighted by molar-refractivity contribution is -0.143. The van der Waals surface area contributed by atoms with Gasteiger partial charge in [0, 0.05) is 12.8 Å². The first-order chi connectivity index (χ1) is 23.0. The molecule has 16 heteroatoms. The number of aromatic hydroxyl groups is 1. The Labute approximate surface area is 283 Å². The molecule has 0 saturated heterocycles. The lowest BCUT2D eigenvalue weighted by Crippen LogP contribution is -2.59. The molecule has 16 nitrogen and oxygen atoms in total. The van der Waals surface area contributed by atoms with E-state index in [2.05, 4.69) is 26.6 Å². The lowest BCUT2D eigenvalue weighted by Gasteiger charge is -2.25. The van der Waals surface area contributed by atoms with Gasteiger partial charge in [-0.3, -0.25) is 28.8 Å². The van der Waals surface area contributed by atoms with Gasteiger partial charge in [0.05, 0.1) is 12.5 Å². The van der Waals surface area contributed by atoms with Gasteiger partial charge in [0.25, 0.3) is 0 Å². The zero-order valence-electron chi connectivity index (χ0n) is 27.6. The van der Waals surface area contributed by atoms with E-state index in [1.54, 1.807) is 44.2 Å². The molecule has 0 saturated carbocycles. The maximum absolute atomic E-state index is 13.2. The van der Waals surface area contributed by atoms with E-state index >= 15 is 0 Å².